The van der Waals surface area contributed by atoms with Gasteiger partial charge in [0.2, 0.25) is 5.91 Å². The Labute approximate surface area is 106 Å². The summed E-state index contributed by atoms with van der Waals surface area (Å²) in [4.78, 5) is 21.9. The van der Waals surface area contributed by atoms with E-state index < -0.39 is 24.0 Å². The highest BCUT2D eigenvalue weighted by Crippen LogP contribution is 2.06. The number of benzene rings is 1. The average molecular weight is 251 g/mol. The standard InChI is InChI=1S/C13H17NO4/c1-9(12(13(16)17)14-10(2)15)18-8-11-6-4-3-5-7-11/h3-7,9,12H,8H2,1-2H3,(H,14,15)(H,16,17)/t9-,12+/m0/s1. The molecule has 0 unspecified atom stereocenters. The second-order valence-electron chi connectivity index (χ2n) is 4.02. The number of carboxylic acid groups (broad SMARTS) is 1. The molecule has 5 nitrogen and oxygen atoms in total. The van der Waals surface area contributed by atoms with Gasteiger partial charge < -0.3 is 15.2 Å². The SMILES string of the molecule is CC(=O)N[C@@H](C(=O)O)[C@H](C)OCc1ccccc1. The van der Waals surface area contributed by atoms with Crippen LogP contribution in [0.1, 0.15) is 19.4 Å². The minimum absolute atomic E-state index is 0.311. The topological polar surface area (TPSA) is 75.6 Å². The molecule has 1 amide bonds. The number of nitrogens with one attached hydrogen (secondary N) is 1. The molecule has 0 spiro atoms. The molecule has 2 atom stereocenters. The summed E-state index contributed by atoms with van der Waals surface area (Å²) in [5.41, 5.74) is 0.955. The quantitative estimate of drug-likeness (QED) is 0.796. The van der Waals surface area contributed by atoms with Crippen molar-refractivity contribution in [1.82, 2.24) is 5.32 Å². The van der Waals surface area contributed by atoms with E-state index in [2.05, 4.69) is 5.32 Å². The molecular formula is C13H17NO4. The Morgan fingerprint density at radius 1 is 1.33 bits per heavy atom. The van der Waals surface area contributed by atoms with Gasteiger partial charge in [0.1, 0.15) is 0 Å². The second kappa shape index (κ2) is 6.76. The molecule has 0 heterocycles. The van der Waals surface area contributed by atoms with Gasteiger partial charge >= 0.3 is 5.97 Å². The summed E-state index contributed by atoms with van der Waals surface area (Å²) in [5.74, 6) is -1.50. The lowest BCUT2D eigenvalue weighted by Crippen LogP contribution is -2.47. The number of ether oxygens (including phenoxy) is 1. The molecule has 2 N–H and O–H groups in total. The van der Waals surface area contributed by atoms with E-state index in [1.165, 1.54) is 6.92 Å². The first-order chi connectivity index (χ1) is 8.50. The van der Waals surface area contributed by atoms with Crippen molar-refractivity contribution in [3.05, 3.63) is 35.9 Å². The van der Waals surface area contributed by atoms with E-state index >= 15 is 0 Å². The van der Waals surface area contributed by atoms with Crippen LogP contribution in [0.15, 0.2) is 30.3 Å². The molecule has 0 fully saturated rings. The first kappa shape index (κ1) is 14.2. The number of carbonyl (C=O) groups is 2. The van der Waals surface area contributed by atoms with E-state index in [0.29, 0.717) is 6.61 Å². The van der Waals surface area contributed by atoms with Gasteiger partial charge in [-0.1, -0.05) is 30.3 Å². The molecule has 0 saturated heterocycles. The van der Waals surface area contributed by atoms with Crippen molar-refractivity contribution >= 4 is 11.9 Å². The van der Waals surface area contributed by atoms with Crippen molar-refractivity contribution in [3.8, 4) is 0 Å². The maximum Gasteiger partial charge on any atom is 0.328 e. The third-order valence-corrected chi connectivity index (χ3v) is 2.45. The Kier molecular flexibility index (Phi) is 5.32. The van der Waals surface area contributed by atoms with Gasteiger partial charge in [-0.3, -0.25) is 4.79 Å². The highest BCUT2D eigenvalue weighted by Gasteiger charge is 2.26. The van der Waals surface area contributed by atoms with Crippen molar-refractivity contribution in [1.29, 1.82) is 0 Å². The van der Waals surface area contributed by atoms with Crippen LogP contribution >= 0.6 is 0 Å². The number of carbonyl (C=O) groups excluding carboxylic acids is 1. The zero-order valence-corrected chi connectivity index (χ0v) is 10.4. The van der Waals surface area contributed by atoms with E-state index in [0.717, 1.165) is 5.56 Å². The molecule has 0 radical (unpaired) electrons. The number of carboxylic acids is 1. The summed E-state index contributed by atoms with van der Waals surface area (Å²) >= 11 is 0. The summed E-state index contributed by atoms with van der Waals surface area (Å²) in [7, 11) is 0. The Morgan fingerprint density at radius 3 is 2.44 bits per heavy atom. The first-order valence-electron chi connectivity index (χ1n) is 5.66. The fraction of sp³-hybridized carbons (Fsp3) is 0.385. The van der Waals surface area contributed by atoms with E-state index in [-0.39, 0.29) is 0 Å². The van der Waals surface area contributed by atoms with Crippen molar-refractivity contribution in [2.75, 3.05) is 0 Å². The number of rotatable bonds is 6. The average Bonchev–Trinajstić information content (AvgIpc) is 2.34. The summed E-state index contributed by atoms with van der Waals surface area (Å²) in [6, 6.07) is 8.40. The molecule has 0 aromatic heterocycles. The van der Waals surface area contributed by atoms with Gasteiger partial charge in [0, 0.05) is 6.92 Å². The molecular weight excluding hydrogens is 234 g/mol. The minimum atomic E-state index is -1.11. The highest BCUT2D eigenvalue weighted by molar-refractivity contribution is 5.82. The Bertz CT molecular complexity index is 405. The van der Waals surface area contributed by atoms with Gasteiger partial charge in [0.25, 0.3) is 0 Å². The molecule has 98 valence electrons. The zero-order valence-electron chi connectivity index (χ0n) is 10.4. The van der Waals surface area contributed by atoms with Crippen LogP contribution in [-0.4, -0.2) is 29.1 Å². The van der Waals surface area contributed by atoms with Gasteiger partial charge in [0.15, 0.2) is 6.04 Å². The van der Waals surface area contributed by atoms with Crippen molar-refractivity contribution in [2.24, 2.45) is 0 Å². The Balaban J connectivity index is 2.54. The molecule has 1 aromatic carbocycles. The maximum absolute atomic E-state index is 11.0. The fourth-order valence-corrected chi connectivity index (χ4v) is 1.50. The number of amides is 1. The van der Waals surface area contributed by atoms with E-state index in [1.807, 2.05) is 30.3 Å². The summed E-state index contributed by atoms with van der Waals surface area (Å²) in [6.07, 6.45) is -0.605. The molecule has 0 aliphatic rings. The maximum atomic E-state index is 11.0. The molecule has 1 aromatic rings. The molecule has 0 aliphatic heterocycles. The lowest BCUT2D eigenvalue weighted by molar-refractivity contribution is -0.146. The van der Waals surface area contributed by atoms with Crippen LogP contribution in [0.4, 0.5) is 0 Å². The zero-order chi connectivity index (χ0) is 13.5. The minimum Gasteiger partial charge on any atom is -0.480 e. The third kappa shape index (κ3) is 4.55. The molecule has 5 heteroatoms. The van der Waals surface area contributed by atoms with Crippen LogP contribution in [0.2, 0.25) is 0 Å². The Morgan fingerprint density at radius 2 is 1.94 bits per heavy atom. The third-order valence-electron chi connectivity index (χ3n) is 2.45. The largest absolute Gasteiger partial charge is 0.480 e. The van der Waals surface area contributed by atoms with Crippen LogP contribution in [0.5, 0.6) is 0 Å². The van der Waals surface area contributed by atoms with Crippen LogP contribution in [0, 0.1) is 0 Å². The highest BCUT2D eigenvalue weighted by atomic mass is 16.5. The number of hydrogen-bond acceptors (Lipinski definition) is 3. The number of hydrogen-bond donors (Lipinski definition) is 2. The molecule has 0 aliphatic carbocycles. The lowest BCUT2D eigenvalue weighted by Gasteiger charge is -2.21. The van der Waals surface area contributed by atoms with Gasteiger partial charge in [0.05, 0.1) is 12.7 Å². The lowest BCUT2D eigenvalue weighted by atomic mass is 10.1. The van der Waals surface area contributed by atoms with Gasteiger partial charge in [-0.05, 0) is 12.5 Å². The fourth-order valence-electron chi connectivity index (χ4n) is 1.50. The van der Waals surface area contributed by atoms with Gasteiger partial charge in [-0.25, -0.2) is 4.79 Å². The van der Waals surface area contributed by atoms with E-state index in [4.69, 9.17) is 9.84 Å². The van der Waals surface area contributed by atoms with Crippen LogP contribution in [-0.2, 0) is 20.9 Å². The number of aliphatic carboxylic acids is 1. The van der Waals surface area contributed by atoms with Crippen molar-refractivity contribution in [3.63, 3.8) is 0 Å². The second-order valence-corrected chi connectivity index (χ2v) is 4.02. The van der Waals surface area contributed by atoms with Crippen LogP contribution in [0.3, 0.4) is 0 Å². The first-order valence-corrected chi connectivity index (χ1v) is 5.66. The van der Waals surface area contributed by atoms with Crippen molar-refractivity contribution in [2.45, 2.75) is 32.6 Å². The van der Waals surface area contributed by atoms with Crippen molar-refractivity contribution < 1.29 is 19.4 Å². The van der Waals surface area contributed by atoms with E-state index in [9.17, 15) is 9.59 Å². The Hall–Kier alpha value is -1.88. The smallest absolute Gasteiger partial charge is 0.328 e. The van der Waals surface area contributed by atoms with Crippen LogP contribution < -0.4 is 5.32 Å². The normalized spacial score (nSPS) is 13.7. The predicted molar refractivity (Wildman–Crippen MR) is 65.9 cm³/mol. The van der Waals surface area contributed by atoms with Gasteiger partial charge in [-0.2, -0.15) is 0 Å². The monoisotopic (exact) mass is 251 g/mol. The molecule has 0 bridgehead atoms. The predicted octanol–water partition coefficient (Wildman–Crippen LogP) is 1.18. The molecule has 0 saturated carbocycles. The van der Waals surface area contributed by atoms with Gasteiger partial charge in [-0.15, -0.1) is 0 Å². The molecule has 1 rings (SSSR count). The summed E-state index contributed by atoms with van der Waals surface area (Å²) < 4.78 is 5.46. The van der Waals surface area contributed by atoms with E-state index in [1.54, 1.807) is 6.92 Å². The summed E-state index contributed by atoms with van der Waals surface area (Å²) in [6.45, 7) is 3.21. The summed E-state index contributed by atoms with van der Waals surface area (Å²) in [5, 5.41) is 11.3. The van der Waals surface area contributed by atoms with Crippen LogP contribution in [0.25, 0.3) is 0 Å². The molecule has 18 heavy (non-hydrogen) atoms.